The number of hydrogen-bond donors (Lipinski definition) is 2. The Morgan fingerprint density at radius 1 is 1.26 bits per heavy atom. The number of rotatable bonds is 5. The topological polar surface area (TPSA) is 49.3 Å². The van der Waals surface area contributed by atoms with Gasteiger partial charge in [-0.2, -0.15) is 0 Å². The van der Waals surface area contributed by atoms with E-state index in [2.05, 4.69) is 29.6 Å². The van der Waals surface area contributed by atoms with Gasteiger partial charge in [-0.15, -0.1) is 11.8 Å². The van der Waals surface area contributed by atoms with Crippen molar-refractivity contribution in [1.29, 1.82) is 0 Å². The molecule has 1 atom stereocenters. The van der Waals surface area contributed by atoms with E-state index in [-0.39, 0.29) is 0 Å². The molecular weight excluding hydrogens is 258 g/mol. The minimum absolute atomic E-state index is 0.483. The zero-order chi connectivity index (χ0) is 13.9. The molecule has 2 aromatic rings. The summed E-state index contributed by atoms with van der Waals surface area (Å²) in [5.74, 6) is -0.347. The van der Waals surface area contributed by atoms with Gasteiger partial charge < -0.3 is 10.4 Å². The quantitative estimate of drug-likeness (QED) is 0.824. The molecule has 0 saturated carbocycles. The van der Waals surface area contributed by atoms with Gasteiger partial charge in [-0.05, 0) is 36.9 Å². The lowest BCUT2D eigenvalue weighted by molar-refractivity contribution is -0.142. The molecule has 2 N–H and O–H groups in total. The number of likely N-dealkylation sites (N-methyl/N-ethyl adjacent to an activating group) is 1. The molecule has 0 saturated heterocycles. The molecule has 0 aliphatic heterocycles. The predicted molar refractivity (Wildman–Crippen MR) is 79.8 cm³/mol. The molecule has 0 aliphatic rings. The summed E-state index contributed by atoms with van der Waals surface area (Å²) in [5, 5.41) is 14.4. The van der Waals surface area contributed by atoms with Crippen molar-refractivity contribution in [3.63, 3.8) is 0 Å². The summed E-state index contributed by atoms with van der Waals surface area (Å²) in [4.78, 5) is 12.3. The van der Waals surface area contributed by atoms with Gasteiger partial charge in [-0.1, -0.05) is 30.3 Å². The fraction of sp³-hybridized carbons (Fsp3) is 0.267. The normalized spacial score (nSPS) is 14.2. The summed E-state index contributed by atoms with van der Waals surface area (Å²) in [6, 6.07) is 14.3. The molecule has 0 spiro atoms. The summed E-state index contributed by atoms with van der Waals surface area (Å²) in [6.45, 7) is 1.70. The van der Waals surface area contributed by atoms with Crippen molar-refractivity contribution in [2.24, 2.45) is 0 Å². The number of carbonyl (C=O) groups is 1. The maximum atomic E-state index is 11.2. The second-order valence-corrected chi connectivity index (χ2v) is 5.73. The number of carboxylic acid groups (broad SMARTS) is 1. The monoisotopic (exact) mass is 275 g/mol. The fourth-order valence-electron chi connectivity index (χ4n) is 1.73. The van der Waals surface area contributed by atoms with Gasteiger partial charge >= 0.3 is 5.97 Å². The van der Waals surface area contributed by atoms with E-state index in [9.17, 15) is 9.90 Å². The van der Waals surface area contributed by atoms with Crippen molar-refractivity contribution >= 4 is 28.5 Å². The Bertz CT molecular complexity index is 599. The number of aliphatic carboxylic acids is 1. The third kappa shape index (κ3) is 3.08. The van der Waals surface area contributed by atoms with Gasteiger partial charge in [0.1, 0.15) is 5.54 Å². The van der Waals surface area contributed by atoms with Gasteiger partial charge in [-0.3, -0.25) is 4.79 Å². The smallest absolute Gasteiger partial charge is 0.324 e. The molecule has 0 bridgehead atoms. The highest BCUT2D eigenvalue weighted by Crippen LogP contribution is 2.26. The van der Waals surface area contributed by atoms with Crippen LogP contribution in [0.4, 0.5) is 0 Å². The van der Waals surface area contributed by atoms with Gasteiger partial charge in [0.25, 0.3) is 0 Å². The van der Waals surface area contributed by atoms with Crippen LogP contribution in [0, 0.1) is 0 Å². The largest absolute Gasteiger partial charge is 0.480 e. The molecule has 0 heterocycles. The summed E-state index contributed by atoms with van der Waals surface area (Å²) in [6.07, 6.45) is 0. The summed E-state index contributed by atoms with van der Waals surface area (Å²) < 4.78 is 0. The van der Waals surface area contributed by atoms with Gasteiger partial charge in [0.05, 0.1) is 0 Å². The Labute approximate surface area is 117 Å². The summed E-state index contributed by atoms with van der Waals surface area (Å²) in [7, 11) is 1.68. The number of nitrogens with one attached hydrogen (secondary N) is 1. The molecule has 100 valence electrons. The average molecular weight is 275 g/mol. The van der Waals surface area contributed by atoms with Crippen molar-refractivity contribution in [2.45, 2.75) is 17.4 Å². The third-order valence-electron chi connectivity index (χ3n) is 3.27. The van der Waals surface area contributed by atoms with Crippen LogP contribution in [0.3, 0.4) is 0 Å². The van der Waals surface area contributed by atoms with E-state index in [1.54, 1.807) is 25.7 Å². The lowest BCUT2D eigenvalue weighted by Crippen LogP contribution is -2.49. The Morgan fingerprint density at radius 2 is 1.95 bits per heavy atom. The highest BCUT2D eigenvalue weighted by molar-refractivity contribution is 7.99. The second kappa shape index (κ2) is 5.63. The zero-order valence-corrected chi connectivity index (χ0v) is 11.8. The molecule has 0 aliphatic carbocycles. The van der Waals surface area contributed by atoms with Crippen molar-refractivity contribution in [1.82, 2.24) is 5.32 Å². The van der Waals surface area contributed by atoms with E-state index in [0.29, 0.717) is 5.75 Å². The van der Waals surface area contributed by atoms with Gasteiger partial charge in [0.15, 0.2) is 0 Å². The highest BCUT2D eigenvalue weighted by atomic mass is 32.2. The van der Waals surface area contributed by atoms with Crippen LogP contribution in [0.2, 0.25) is 0 Å². The van der Waals surface area contributed by atoms with Gasteiger partial charge in [0.2, 0.25) is 0 Å². The molecule has 4 heteroatoms. The first-order valence-electron chi connectivity index (χ1n) is 6.09. The molecular formula is C15H17NO2S. The Morgan fingerprint density at radius 3 is 2.58 bits per heavy atom. The van der Waals surface area contributed by atoms with E-state index in [1.807, 2.05) is 18.2 Å². The van der Waals surface area contributed by atoms with E-state index in [0.717, 1.165) is 4.90 Å². The van der Waals surface area contributed by atoms with Gasteiger partial charge in [-0.25, -0.2) is 0 Å². The average Bonchev–Trinajstić information content (AvgIpc) is 2.44. The lowest BCUT2D eigenvalue weighted by atomic mass is 10.1. The molecule has 0 amide bonds. The highest BCUT2D eigenvalue weighted by Gasteiger charge is 2.31. The molecule has 3 nitrogen and oxygen atoms in total. The van der Waals surface area contributed by atoms with Crippen LogP contribution < -0.4 is 5.32 Å². The Balaban J connectivity index is 2.15. The molecule has 19 heavy (non-hydrogen) atoms. The maximum Gasteiger partial charge on any atom is 0.324 e. The minimum atomic E-state index is -0.906. The van der Waals surface area contributed by atoms with Crippen LogP contribution in [0.1, 0.15) is 6.92 Å². The first-order chi connectivity index (χ1) is 9.05. The molecule has 0 radical (unpaired) electrons. The number of benzene rings is 2. The predicted octanol–water partition coefficient (Wildman–Crippen LogP) is 2.99. The van der Waals surface area contributed by atoms with Crippen LogP contribution in [0.5, 0.6) is 0 Å². The molecule has 1 unspecified atom stereocenters. The van der Waals surface area contributed by atoms with Crippen LogP contribution in [0.25, 0.3) is 10.8 Å². The molecule has 2 rings (SSSR count). The number of fused-ring (bicyclic) bond motifs is 1. The van der Waals surface area contributed by atoms with Crippen molar-refractivity contribution in [3.8, 4) is 0 Å². The standard InChI is InChI=1S/C15H17NO2S/c1-15(16-2,14(17)18)10-19-13-8-7-11-5-3-4-6-12(11)9-13/h3-9,16H,10H2,1-2H3,(H,17,18). The van der Waals surface area contributed by atoms with E-state index >= 15 is 0 Å². The Hall–Kier alpha value is -1.52. The minimum Gasteiger partial charge on any atom is -0.480 e. The van der Waals surface area contributed by atoms with Crippen LogP contribution in [-0.2, 0) is 4.79 Å². The number of thioether (sulfide) groups is 1. The first-order valence-corrected chi connectivity index (χ1v) is 7.08. The maximum absolute atomic E-state index is 11.2. The van der Waals surface area contributed by atoms with E-state index in [4.69, 9.17) is 0 Å². The first kappa shape index (κ1) is 13.9. The molecule has 2 aromatic carbocycles. The van der Waals surface area contributed by atoms with Crippen molar-refractivity contribution < 1.29 is 9.90 Å². The lowest BCUT2D eigenvalue weighted by Gasteiger charge is -2.23. The Kier molecular flexibility index (Phi) is 4.12. The number of carboxylic acids is 1. The van der Waals surface area contributed by atoms with Gasteiger partial charge in [0, 0.05) is 10.6 Å². The van der Waals surface area contributed by atoms with E-state index in [1.165, 1.54) is 10.8 Å². The molecule has 0 aromatic heterocycles. The summed E-state index contributed by atoms with van der Waals surface area (Å²) >= 11 is 1.55. The summed E-state index contributed by atoms with van der Waals surface area (Å²) in [5.41, 5.74) is -0.906. The van der Waals surface area contributed by atoms with Crippen molar-refractivity contribution in [3.05, 3.63) is 42.5 Å². The van der Waals surface area contributed by atoms with Crippen LogP contribution in [-0.4, -0.2) is 29.4 Å². The zero-order valence-electron chi connectivity index (χ0n) is 11.0. The van der Waals surface area contributed by atoms with Crippen LogP contribution >= 0.6 is 11.8 Å². The van der Waals surface area contributed by atoms with E-state index < -0.39 is 11.5 Å². The van der Waals surface area contributed by atoms with Crippen molar-refractivity contribution in [2.75, 3.05) is 12.8 Å². The molecule has 0 fully saturated rings. The third-order valence-corrected chi connectivity index (χ3v) is 4.58. The number of hydrogen-bond acceptors (Lipinski definition) is 3. The fourth-order valence-corrected chi connectivity index (χ4v) is 2.82. The SMILES string of the molecule is CNC(C)(CSc1ccc2ccccc2c1)C(=O)O. The van der Waals surface area contributed by atoms with Crippen LogP contribution in [0.15, 0.2) is 47.4 Å². The second-order valence-electron chi connectivity index (χ2n) is 4.68.